The van der Waals surface area contributed by atoms with Crippen molar-refractivity contribution in [3.8, 4) is 0 Å². The number of likely N-dealkylation sites (tertiary alicyclic amines) is 1. The lowest BCUT2D eigenvalue weighted by Crippen LogP contribution is -2.49. The van der Waals surface area contributed by atoms with Crippen molar-refractivity contribution in [2.24, 2.45) is 17.3 Å². The molecule has 22 heavy (non-hydrogen) atoms. The Labute approximate surface area is 134 Å². The van der Waals surface area contributed by atoms with Gasteiger partial charge in [-0.15, -0.1) is 0 Å². The Morgan fingerprint density at radius 1 is 1.23 bits per heavy atom. The van der Waals surface area contributed by atoms with E-state index in [2.05, 4.69) is 10.6 Å². The zero-order valence-electron chi connectivity index (χ0n) is 14.3. The molecule has 2 atom stereocenters. The van der Waals surface area contributed by atoms with Crippen molar-refractivity contribution in [2.75, 3.05) is 32.7 Å². The van der Waals surface area contributed by atoms with E-state index >= 15 is 0 Å². The van der Waals surface area contributed by atoms with Gasteiger partial charge in [-0.1, -0.05) is 20.8 Å². The average molecular weight is 309 g/mol. The molecule has 0 aliphatic carbocycles. The van der Waals surface area contributed by atoms with E-state index in [-0.39, 0.29) is 23.1 Å². The monoisotopic (exact) mass is 309 g/mol. The summed E-state index contributed by atoms with van der Waals surface area (Å²) in [6.07, 6.45) is 4.19. The van der Waals surface area contributed by atoms with E-state index in [9.17, 15) is 9.59 Å². The van der Waals surface area contributed by atoms with Crippen LogP contribution in [0.15, 0.2) is 0 Å². The molecule has 5 nitrogen and oxygen atoms in total. The average Bonchev–Trinajstić information content (AvgIpc) is 2.52. The predicted octanol–water partition coefficient (Wildman–Crippen LogP) is 1.39. The van der Waals surface area contributed by atoms with E-state index in [0.717, 1.165) is 39.0 Å². The van der Waals surface area contributed by atoms with Crippen LogP contribution in [0.3, 0.4) is 0 Å². The molecular weight excluding hydrogens is 278 g/mol. The van der Waals surface area contributed by atoms with Gasteiger partial charge in [-0.2, -0.15) is 0 Å². The van der Waals surface area contributed by atoms with Crippen molar-refractivity contribution >= 4 is 11.8 Å². The van der Waals surface area contributed by atoms with Crippen molar-refractivity contribution in [3.63, 3.8) is 0 Å². The highest BCUT2D eigenvalue weighted by Crippen LogP contribution is 2.23. The number of rotatable bonds is 3. The largest absolute Gasteiger partial charge is 0.355 e. The quantitative estimate of drug-likeness (QED) is 0.828. The second kappa shape index (κ2) is 7.44. The normalized spacial score (nSPS) is 26.6. The lowest BCUT2D eigenvalue weighted by Gasteiger charge is -2.36. The number of piperidine rings is 2. The van der Waals surface area contributed by atoms with Crippen LogP contribution in [0.1, 0.15) is 46.5 Å². The number of nitrogens with zero attached hydrogens (tertiary/aromatic N) is 1. The minimum Gasteiger partial charge on any atom is -0.355 e. The summed E-state index contributed by atoms with van der Waals surface area (Å²) in [5.74, 6) is 0.781. The molecule has 2 heterocycles. The Bertz CT molecular complexity index is 397. The molecular formula is C17H31N3O2. The molecule has 0 radical (unpaired) electrons. The van der Waals surface area contributed by atoms with Crippen LogP contribution < -0.4 is 10.6 Å². The maximum absolute atomic E-state index is 12.4. The van der Waals surface area contributed by atoms with Gasteiger partial charge in [0.05, 0.1) is 5.92 Å². The number of nitrogens with one attached hydrogen (secondary N) is 2. The Kier molecular flexibility index (Phi) is 5.84. The molecule has 2 rings (SSSR count). The Hall–Kier alpha value is -1.10. The fraction of sp³-hybridized carbons (Fsp3) is 0.882. The molecule has 0 aromatic heterocycles. The molecule has 2 amide bonds. The third-order valence-electron chi connectivity index (χ3n) is 4.68. The van der Waals surface area contributed by atoms with Crippen molar-refractivity contribution in [1.29, 1.82) is 0 Å². The van der Waals surface area contributed by atoms with Gasteiger partial charge in [-0.05, 0) is 44.7 Å². The number of carbonyl (C=O) groups excluding carboxylic acids is 2. The van der Waals surface area contributed by atoms with Crippen LogP contribution in [0.2, 0.25) is 0 Å². The van der Waals surface area contributed by atoms with Gasteiger partial charge in [-0.25, -0.2) is 0 Å². The minimum atomic E-state index is -0.369. The topological polar surface area (TPSA) is 61.4 Å². The highest BCUT2D eigenvalue weighted by molar-refractivity contribution is 5.83. The lowest BCUT2D eigenvalue weighted by molar-refractivity contribution is -0.142. The fourth-order valence-electron chi connectivity index (χ4n) is 3.34. The summed E-state index contributed by atoms with van der Waals surface area (Å²) in [6.45, 7) is 10.0. The molecule has 0 aromatic carbocycles. The summed E-state index contributed by atoms with van der Waals surface area (Å²) in [5.41, 5.74) is -0.369. The molecule has 2 saturated heterocycles. The molecule has 2 aliphatic heterocycles. The highest BCUT2D eigenvalue weighted by Gasteiger charge is 2.33. The zero-order chi connectivity index (χ0) is 16.2. The van der Waals surface area contributed by atoms with Crippen LogP contribution in [-0.4, -0.2) is 49.4 Å². The van der Waals surface area contributed by atoms with Crippen LogP contribution in [0.4, 0.5) is 0 Å². The van der Waals surface area contributed by atoms with E-state index in [4.69, 9.17) is 0 Å². The fourth-order valence-corrected chi connectivity index (χ4v) is 3.34. The molecule has 2 unspecified atom stereocenters. The van der Waals surface area contributed by atoms with Gasteiger partial charge in [0.15, 0.2) is 0 Å². The number of hydrogen-bond donors (Lipinski definition) is 2. The van der Waals surface area contributed by atoms with Gasteiger partial charge in [0.25, 0.3) is 0 Å². The van der Waals surface area contributed by atoms with E-state index < -0.39 is 0 Å². The van der Waals surface area contributed by atoms with E-state index in [0.29, 0.717) is 12.5 Å². The second-order valence-corrected chi connectivity index (χ2v) is 7.80. The number of amides is 2. The first-order valence-corrected chi connectivity index (χ1v) is 8.65. The summed E-state index contributed by atoms with van der Waals surface area (Å²) < 4.78 is 0. The van der Waals surface area contributed by atoms with Crippen LogP contribution >= 0.6 is 0 Å². The van der Waals surface area contributed by atoms with Crippen LogP contribution in [-0.2, 0) is 9.59 Å². The molecule has 2 aliphatic rings. The van der Waals surface area contributed by atoms with E-state index in [1.54, 1.807) is 0 Å². The maximum Gasteiger partial charge on any atom is 0.227 e. The summed E-state index contributed by atoms with van der Waals surface area (Å²) in [4.78, 5) is 26.6. The Morgan fingerprint density at radius 3 is 2.64 bits per heavy atom. The van der Waals surface area contributed by atoms with Gasteiger partial charge in [0.2, 0.25) is 11.8 Å². The van der Waals surface area contributed by atoms with Gasteiger partial charge in [-0.3, -0.25) is 9.59 Å². The van der Waals surface area contributed by atoms with Crippen LogP contribution in [0.25, 0.3) is 0 Å². The van der Waals surface area contributed by atoms with E-state index in [1.165, 1.54) is 12.8 Å². The Balaban J connectivity index is 1.80. The SMILES string of the molecule is CC(C)(C)C(=O)N1CCCC(C(=O)NCC2CCCNC2)C1. The van der Waals surface area contributed by atoms with Crippen LogP contribution in [0.5, 0.6) is 0 Å². The molecule has 0 aromatic rings. The molecule has 0 bridgehead atoms. The lowest BCUT2D eigenvalue weighted by atomic mass is 9.90. The third-order valence-corrected chi connectivity index (χ3v) is 4.68. The molecule has 2 N–H and O–H groups in total. The zero-order valence-corrected chi connectivity index (χ0v) is 14.3. The van der Waals surface area contributed by atoms with Crippen molar-refractivity contribution in [1.82, 2.24) is 15.5 Å². The van der Waals surface area contributed by atoms with Crippen molar-refractivity contribution in [3.05, 3.63) is 0 Å². The third kappa shape index (κ3) is 4.70. The molecule has 2 fully saturated rings. The summed E-state index contributed by atoms with van der Waals surface area (Å²) >= 11 is 0. The van der Waals surface area contributed by atoms with Gasteiger partial charge < -0.3 is 15.5 Å². The number of hydrogen-bond acceptors (Lipinski definition) is 3. The van der Waals surface area contributed by atoms with E-state index in [1.807, 2.05) is 25.7 Å². The predicted molar refractivity (Wildman–Crippen MR) is 87.4 cm³/mol. The minimum absolute atomic E-state index is 0.0448. The van der Waals surface area contributed by atoms with Crippen molar-refractivity contribution < 1.29 is 9.59 Å². The smallest absolute Gasteiger partial charge is 0.227 e. The summed E-state index contributed by atoms with van der Waals surface area (Å²) in [6, 6.07) is 0. The molecule has 0 spiro atoms. The summed E-state index contributed by atoms with van der Waals surface area (Å²) in [7, 11) is 0. The first-order chi connectivity index (χ1) is 10.4. The van der Waals surface area contributed by atoms with Gasteiger partial charge in [0, 0.05) is 25.0 Å². The van der Waals surface area contributed by atoms with Gasteiger partial charge in [0.1, 0.15) is 0 Å². The molecule has 0 saturated carbocycles. The highest BCUT2D eigenvalue weighted by atomic mass is 16.2. The molecule has 5 heteroatoms. The first kappa shape index (κ1) is 17.3. The molecule has 126 valence electrons. The second-order valence-electron chi connectivity index (χ2n) is 7.80. The maximum atomic E-state index is 12.4. The first-order valence-electron chi connectivity index (χ1n) is 8.65. The van der Waals surface area contributed by atoms with Gasteiger partial charge >= 0.3 is 0 Å². The summed E-state index contributed by atoms with van der Waals surface area (Å²) in [5, 5.41) is 6.48. The van der Waals surface area contributed by atoms with Crippen LogP contribution in [0, 0.1) is 17.3 Å². The number of carbonyl (C=O) groups is 2. The Morgan fingerprint density at radius 2 is 2.00 bits per heavy atom. The van der Waals surface area contributed by atoms with Crippen molar-refractivity contribution in [2.45, 2.75) is 46.5 Å². The standard InChI is InChI=1S/C17H31N3O2/c1-17(2,3)16(22)20-9-5-7-14(12-20)15(21)19-11-13-6-4-8-18-10-13/h13-14,18H,4-12H2,1-3H3,(H,19,21).